The van der Waals surface area contributed by atoms with E-state index in [1.165, 1.54) is 7.11 Å². The van der Waals surface area contributed by atoms with Crippen LogP contribution in [0.1, 0.15) is 16.1 Å². The Morgan fingerprint density at radius 2 is 1.88 bits per heavy atom. The number of fused-ring (bicyclic) bond motifs is 1. The number of carbonyl (C=O) groups is 1. The van der Waals surface area contributed by atoms with Gasteiger partial charge in [0, 0.05) is 23.7 Å². The molecule has 0 aliphatic heterocycles. The zero-order valence-electron chi connectivity index (χ0n) is 14.3. The molecule has 0 bridgehead atoms. The van der Waals surface area contributed by atoms with E-state index in [0.717, 1.165) is 10.9 Å². The normalized spacial score (nSPS) is 9.81. The van der Waals surface area contributed by atoms with Gasteiger partial charge >= 0.3 is 17.5 Å². The van der Waals surface area contributed by atoms with E-state index in [2.05, 4.69) is 9.97 Å². The number of aryl methyl sites for hydroxylation is 1. The van der Waals surface area contributed by atoms with Gasteiger partial charge in [-0.25, -0.2) is 9.78 Å². The number of rotatable bonds is 4. The largest absolute Gasteiger partial charge is 0.494 e. The molecule has 9 heteroatoms. The van der Waals surface area contributed by atoms with Gasteiger partial charge in [0.1, 0.15) is 17.2 Å². The molecule has 26 heavy (non-hydrogen) atoms. The van der Waals surface area contributed by atoms with E-state index in [0.29, 0.717) is 28.6 Å². The smallest absolute Gasteiger partial charge is 0.354 e. The van der Waals surface area contributed by atoms with Gasteiger partial charge in [-0.2, -0.15) is 8.42 Å². The van der Waals surface area contributed by atoms with Crippen LogP contribution in [0.2, 0.25) is 0 Å². The fourth-order valence-electron chi connectivity index (χ4n) is 2.26. The van der Waals surface area contributed by atoms with Gasteiger partial charge in [-0.05, 0) is 24.6 Å². The molecule has 2 aromatic heterocycles. The highest BCUT2D eigenvalue weighted by Crippen LogP contribution is 2.33. The fourth-order valence-corrected chi connectivity index (χ4v) is 2.26. The SMILES string of the molecule is COC(=O)c1cc2cc(Oc3ccc(C)cn3)cc(OC)c2[nH]1.O=S=O. The van der Waals surface area contributed by atoms with Crippen LogP contribution >= 0.6 is 0 Å². The van der Waals surface area contributed by atoms with E-state index in [4.69, 9.17) is 22.6 Å². The summed E-state index contributed by atoms with van der Waals surface area (Å²) in [5.41, 5.74) is 2.11. The van der Waals surface area contributed by atoms with Crippen molar-refractivity contribution in [3.8, 4) is 17.4 Å². The van der Waals surface area contributed by atoms with Crippen molar-refractivity contribution in [1.82, 2.24) is 9.97 Å². The Labute approximate surface area is 152 Å². The lowest BCUT2D eigenvalue weighted by Gasteiger charge is -2.08. The van der Waals surface area contributed by atoms with E-state index in [1.807, 2.05) is 19.1 Å². The minimum Gasteiger partial charge on any atom is -0.494 e. The van der Waals surface area contributed by atoms with Crippen molar-refractivity contribution in [3.05, 3.63) is 47.8 Å². The van der Waals surface area contributed by atoms with Gasteiger partial charge in [0.2, 0.25) is 5.88 Å². The predicted octanol–water partition coefficient (Wildman–Crippen LogP) is 2.79. The molecular weight excluding hydrogens is 360 g/mol. The Balaban J connectivity index is 0.000000758. The zero-order chi connectivity index (χ0) is 19.1. The number of methoxy groups -OCH3 is 2. The Hall–Kier alpha value is -3.20. The average molecular weight is 376 g/mol. The molecule has 0 atom stereocenters. The highest BCUT2D eigenvalue weighted by molar-refractivity contribution is 7.51. The summed E-state index contributed by atoms with van der Waals surface area (Å²) < 4.78 is 32.4. The van der Waals surface area contributed by atoms with Gasteiger partial charge in [-0.3, -0.25) is 0 Å². The fraction of sp³-hybridized carbons (Fsp3) is 0.176. The summed E-state index contributed by atoms with van der Waals surface area (Å²) in [4.78, 5) is 18.9. The molecule has 0 aliphatic rings. The monoisotopic (exact) mass is 376 g/mol. The minimum atomic E-state index is -0.750. The highest BCUT2D eigenvalue weighted by atomic mass is 32.1. The topological polar surface area (TPSA) is 108 Å². The number of nitrogens with one attached hydrogen (secondary N) is 1. The molecule has 0 spiro atoms. The standard InChI is InChI=1S/C17H16N2O4.O2S/c1-10-4-5-15(18-9-10)23-12-6-11-7-13(17(20)22-3)19-16(11)14(8-12)21-2;1-3-2/h4-9,19H,1-3H3;. The van der Waals surface area contributed by atoms with E-state index >= 15 is 0 Å². The van der Waals surface area contributed by atoms with E-state index in [9.17, 15) is 4.79 Å². The van der Waals surface area contributed by atoms with Gasteiger partial charge in [0.15, 0.2) is 0 Å². The van der Waals surface area contributed by atoms with Crippen LogP contribution in [-0.2, 0) is 16.3 Å². The number of benzene rings is 1. The van der Waals surface area contributed by atoms with Crippen molar-refractivity contribution in [2.75, 3.05) is 14.2 Å². The van der Waals surface area contributed by atoms with Crippen LogP contribution < -0.4 is 9.47 Å². The van der Waals surface area contributed by atoms with Crippen molar-refractivity contribution in [2.24, 2.45) is 0 Å². The maximum Gasteiger partial charge on any atom is 0.354 e. The molecule has 3 rings (SSSR count). The summed E-state index contributed by atoms with van der Waals surface area (Å²) in [7, 11) is 2.89. The maximum absolute atomic E-state index is 11.7. The molecule has 2 heterocycles. The van der Waals surface area contributed by atoms with Crippen molar-refractivity contribution in [3.63, 3.8) is 0 Å². The number of aromatic amines is 1. The molecule has 1 aromatic carbocycles. The minimum absolute atomic E-state index is 0.353. The molecule has 0 aliphatic carbocycles. The second-order valence-corrected chi connectivity index (χ2v) is 5.24. The molecule has 136 valence electrons. The van der Waals surface area contributed by atoms with Gasteiger partial charge in [-0.15, -0.1) is 0 Å². The quantitative estimate of drug-likeness (QED) is 0.698. The van der Waals surface area contributed by atoms with Crippen LogP contribution in [-0.4, -0.2) is 38.6 Å². The number of carbonyl (C=O) groups excluding carboxylic acids is 1. The van der Waals surface area contributed by atoms with Crippen molar-refractivity contribution in [1.29, 1.82) is 0 Å². The summed E-state index contributed by atoms with van der Waals surface area (Å²) in [6.45, 7) is 1.96. The van der Waals surface area contributed by atoms with Gasteiger partial charge in [-0.1, -0.05) is 6.07 Å². The van der Waals surface area contributed by atoms with E-state index < -0.39 is 17.5 Å². The van der Waals surface area contributed by atoms with Crippen LogP contribution in [0.25, 0.3) is 10.9 Å². The van der Waals surface area contributed by atoms with Crippen LogP contribution in [0.5, 0.6) is 17.4 Å². The number of nitrogens with zero attached hydrogens (tertiary/aromatic N) is 1. The molecule has 0 unspecified atom stereocenters. The second-order valence-electron chi connectivity index (χ2n) is 5.11. The third-order valence-corrected chi connectivity index (χ3v) is 3.40. The Morgan fingerprint density at radius 1 is 1.15 bits per heavy atom. The lowest BCUT2D eigenvalue weighted by atomic mass is 10.2. The summed E-state index contributed by atoms with van der Waals surface area (Å²) >= 11 is -0.750. The molecule has 1 N–H and O–H groups in total. The van der Waals surface area contributed by atoms with Crippen molar-refractivity contribution in [2.45, 2.75) is 6.92 Å². The first-order valence-electron chi connectivity index (χ1n) is 7.33. The predicted molar refractivity (Wildman–Crippen MR) is 94.2 cm³/mol. The third kappa shape index (κ3) is 4.45. The number of ether oxygens (including phenoxy) is 3. The van der Waals surface area contributed by atoms with Crippen LogP contribution in [0.15, 0.2) is 36.5 Å². The molecule has 0 radical (unpaired) electrons. The van der Waals surface area contributed by atoms with Gasteiger partial charge in [0.05, 0.1) is 19.7 Å². The number of hydrogen-bond donors (Lipinski definition) is 1. The Kier molecular flexibility index (Phi) is 6.45. The molecule has 0 saturated heterocycles. The van der Waals surface area contributed by atoms with Gasteiger partial charge in [0.25, 0.3) is 0 Å². The molecule has 0 amide bonds. The third-order valence-electron chi connectivity index (χ3n) is 3.40. The number of hydrogen-bond acceptors (Lipinski definition) is 7. The Morgan fingerprint density at radius 3 is 2.46 bits per heavy atom. The molecular formula is C17H16N2O6S. The highest BCUT2D eigenvalue weighted by Gasteiger charge is 2.14. The lowest BCUT2D eigenvalue weighted by Crippen LogP contribution is -2.00. The summed E-state index contributed by atoms with van der Waals surface area (Å²) in [6, 6.07) is 8.95. The van der Waals surface area contributed by atoms with Crippen LogP contribution in [0.3, 0.4) is 0 Å². The summed E-state index contributed by atoms with van der Waals surface area (Å²) in [6.07, 6.45) is 1.73. The van der Waals surface area contributed by atoms with Crippen LogP contribution in [0, 0.1) is 6.92 Å². The van der Waals surface area contributed by atoms with E-state index in [-0.39, 0.29) is 0 Å². The maximum atomic E-state index is 11.7. The van der Waals surface area contributed by atoms with Crippen LogP contribution in [0.4, 0.5) is 0 Å². The summed E-state index contributed by atoms with van der Waals surface area (Å²) in [5.74, 6) is 1.19. The number of esters is 1. The molecule has 3 aromatic rings. The average Bonchev–Trinajstić information content (AvgIpc) is 3.07. The lowest BCUT2D eigenvalue weighted by molar-refractivity contribution is 0.0595. The summed E-state index contributed by atoms with van der Waals surface area (Å²) in [5, 5.41) is 0.784. The number of H-pyrrole nitrogens is 1. The zero-order valence-corrected chi connectivity index (χ0v) is 15.1. The first-order chi connectivity index (χ1) is 12.5. The molecule has 8 nitrogen and oxygen atoms in total. The molecule has 0 fully saturated rings. The van der Waals surface area contributed by atoms with Crippen molar-refractivity contribution < 1.29 is 27.4 Å². The van der Waals surface area contributed by atoms with Crippen molar-refractivity contribution >= 4 is 28.4 Å². The number of pyridine rings is 1. The molecule has 0 saturated carbocycles. The van der Waals surface area contributed by atoms with Gasteiger partial charge < -0.3 is 19.2 Å². The first-order valence-corrected chi connectivity index (χ1v) is 8.00. The second kappa shape index (κ2) is 8.77. The first kappa shape index (κ1) is 19.1. The number of aromatic nitrogens is 2. The Bertz CT molecular complexity index is 946. The van der Waals surface area contributed by atoms with E-state index in [1.54, 1.807) is 31.5 Å².